The summed E-state index contributed by atoms with van der Waals surface area (Å²) in [6, 6.07) is 6.94. The Bertz CT molecular complexity index is 630. The molecule has 1 aromatic carbocycles. The topological polar surface area (TPSA) is 59.7 Å². The van der Waals surface area contributed by atoms with Crippen LogP contribution in [0.25, 0.3) is 6.08 Å². The average molecular weight is 384 g/mol. The monoisotopic (exact) mass is 384 g/mol. The zero-order valence-electron chi connectivity index (χ0n) is 10.8. The van der Waals surface area contributed by atoms with Gasteiger partial charge >= 0.3 is 0 Å². The van der Waals surface area contributed by atoms with E-state index in [1.807, 2.05) is 0 Å². The van der Waals surface area contributed by atoms with E-state index in [1.54, 1.807) is 36.6 Å². The minimum Gasteiger partial charge on any atom is -0.496 e. The molecular formula is C15H13IO4. The number of furan rings is 1. The van der Waals surface area contributed by atoms with Gasteiger partial charge < -0.3 is 14.3 Å². The van der Waals surface area contributed by atoms with Crippen molar-refractivity contribution in [2.75, 3.05) is 7.11 Å². The fourth-order valence-electron chi connectivity index (χ4n) is 1.75. The number of hydrogen-bond donors (Lipinski definition) is 1. The van der Waals surface area contributed by atoms with E-state index in [-0.39, 0.29) is 12.4 Å². The van der Waals surface area contributed by atoms with Gasteiger partial charge in [0.2, 0.25) is 0 Å². The van der Waals surface area contributed by atoms with Crippen LogP contribution in [0.15, 0.2) is 41.0 Å². The second kappa shape index (κ2) is 6.71. The molecule has 0 aliphatic heterocycles. The van der Waals surface area contributed by atoms with Crippen LogP contribution in [0.3, 0.4) is 0 Å². The van der Waals surface area contributed by atoms with Gasteiger partial charge in [-0.15, -0.1) is 0 Å². The highest BCUT2D eigenvalue weighted by Crippen LogP contribution is 2.27. The molecule has 0 radical (unpaired) electrons. The van der Waals surface area contributed by atoms with Crippen molar-refractivity contribution >= 4 is 34.5 Å². The standard InChI is InChI=1S/C15H13IO4/c1-19-14-8-10(9-17)7-12(16)15(14)13(18)5-4-11-3-2-6-20-11/h2-8,17H,9H2,1H3/b5-4+. The molecule has 1 aromatic heterocycles. The van der Waals surface area contributed by atoms with E-state index in [2.05, 4.69) is 22.6 Å². The number of carbonyl (C=O) groups excluding carboxylic acids is 1. The molecule has 0 unspecified atom stereocenters. The fraction of sp³-hybridized carbons (Fsp3) is 0.133. The highest BCUT2D eigenvalue weighted by Gasteiger charge is 2.15. The molecular weight excluding hydrogens is 371 g/mol. The van der Waals surface area contributed by atoms with Crippen LogP contribution in [0.1, 0.15) is 21.7 Å². The summed E-state index contributed by atoms with van der Waals surface area (Å²) in [5, 5.41) is 9.17. The van der Waals surface area contributed by atoms with Crippen LogP contribution < -0.4 is 4.74 Å². The first-order valence-electron chi connectivity index (χ1n) is 5.89. The largest absolute Gasteiger partial charge is 0.496 e. The maximum absolute atomic E-state index is 12.3. The molecule has 0 bridgehead atoms. The Morgan fingerprint density at radius 2 is 2.30 bits per heavy atom. The Morgan fingerprint density at radius 3 is 2.90 bits per heavy atom. The predicted octanol–water partition coefficient (Wildman–Crippen LogP) is 3.28. The molecule has 2 aromatic rings. The highest BCUT2D eigenvalue weighted by molar-refractivity contribution is 14.1. The molecule has 0 atom stereocenters. The predicted molar refractivity (Wildman–Crippen MR) is 83.7 cm³/mol. The van der Waals surface area contributed by atoms with E-state index in [0.29, 0.717) is 22.6 Å². The summed E-state index contributed by atoms with van der Waals surface area (Å²) in [5.41, 5.74) is 1.19. The minimum atomic E-state index is -0.174. The summed E-state index contributed by atoms with van der Waals surface area (Å²) in [6.45, 7) is -0.0942. The van der Waals surface area contributed by atoms with Crippen LogP contribution in [-0.4, -0.2) is 18.0 Å². The maximum Gasteiger partial charge on any atom is 0.190 e. The van der Waals surface area contributed by atoms with Crippen molar-refractivity contribution in [3.05, 3.63) is 57.1 Å². The van der Waals surface area contributed by atoms with Crippen LogP contribution in [-0.2, 0) is 6.61 Å². The van der Waals surface area contributed by atoms with Crippen LogP contribution in [0, 0.1) is 3.57 Å². The SMILES string of the molecule is COc1cc(CO)cc(I)c1C(=O)/C=C/c1ccco1. The van der Waals surface area contributed by atoms with Crippen molar-refractivity contribution in [1.29, 1.82) is 0 Å². The number of carbonyl (C=O) groups is 1. The van der Waals surface area contributed by atoms with Crippen molar-refractivity contribution in [2.45, 2.75) is 6.61 Å². The van der Waals surface area contributed by atoms with E-state index >= 15 is 0 Å². The Balaban J connectivity index is 2.34. The lowest BCUT2D eigenvalue weighted by atomic mass is 10.1. The number of methoxy groups -OCH3 is 1. The average Bonchev–Trinajstić information content (AvgIpc) is 2.97. The zero-order valence-corrected chi connectivity index (χ0v) is 13.0. The van der Waals surface area contributed by atoms with E-state index in [4.69, 9.17) is 14.3 Å². The third kappa shape index (κ3) is 3.29. The number of ether oxygens (including phenoxy) is 1. The van der Waals surface area contributed by atoms with Crippen molar-refractivity contribution in [1.82, 2.24) is 0 Å². The molecule has 0 amide bonds. The van der Waals surface area contributed by atoms with E-state index in [9.17, 15) is 4.79 Å². The van der Waals surface area contributed by atoms with Crippen molar-refractivity contribution in [3.8, 4) is 5.75 Å². The van der Waals surface area contributed by atoms with Gasteiger partial charge in [0.15, 0.2) is 5.78 Å². The molecule has 0 saturated heterocycles. The van der Waals surface area contributed by atoms with Crippen molar-refractivity contribution in [2.24, 2.45) is 0 Å². The van der Waals surface area contributed by atoms with E-state index < -0.39 is 0 Å². The van der Waals surface area contributed by atoms with Gasteiger partial charge in [-0.1, -0.05) is 0 Å². The Kier molecular flexibility index (Phi) is 4.97. The normalized spacial score (nSPS) is 10.9. The first-order valence-corrected chi connectivity index (χ1v) is 6.96. The molecule has 0 aliphatic rings. The molecule has 20 heavy (non-hydrogen) atoms. The van der Waals surface area contributed by atoms with E-state index in [0.717, 1.165) is 3.57 Å². The van der Waals surface area contributed by atoms with Crippen LogP contribution in [0.4, 0.5) is 0 Å². The summed E-state index contributed by atoms with van der Waals surface area (Å²) in [7, 11) is 1.50. The molecule has 104 valence electrons. The molecule has 1 heterocycles. The van der Waals surface area contributed by atoms with Gasteiger partial charge in [0.05, 0.1) is 25.5 Å². The lowest BCUT2D eigenvalue weighted by Crippen LogP contribution is -2.03. The summed E-state index contributed by atoms with van der Waals surface area (Å²) in [4.78, 5) is 12.3. The molecule has 5 heteroatoms. The first-order chi connectivity index (χ1) is 9.65. The molecule has 2 rings (SSSR count). The van der Waals surface area contributed by atoms with E-state index in [1.165, 1.54) is 13.2 Å². The lowest BCUT2D eigenvalue weighted by Gasteiger charge is -2.10. The van der Waals surface area contributed by atoms with Gasteiger partial charge in [0.1, 0.15) is 11.5 Å². The van der Waals surface area contributed by atoms with Gasteiger partial charge in [-0.2, -0.15) is 0 Å². The molecule has 1 N–H and O–H groups in total. The van der Waals surface area contributed by atoms with Gasteiger partial charge in [-0.05, 0) is 64.6 Å². The van der Waals surface area contributed by atoms with Crippen LogP contribution in [0.5, 0.6) is 5.75 Å². The second-order valence-corrected chi connectivity index (χ2v) is 5.19. The third-order valence-electron chi connectivity index (χ3n) is 2.70. The van der Waals surface area contributed by atoms with Crippen molar-refractivity contribution < 1.29 is 19.1 Å². The second-order valence-electron chi connectivity index (χ2n) is 4.03. The summed E-state index contributed by atoms with van der Waals surface area (Å²) < 4.78 is 11.1. The summed E-state index contributed by atoms with van der Waals surface area (Å²) in [6.07, 6.45) is 4.60. The Hall–Kier alpha value is -1.60. The number of ketones is 1. The quantitative estimate of drug-likeness (QED) is 0.489. The number of aliphatic hydroxyl groups is 1. The van der Waals surface area contributed by atoms with Crippen LogP contribution >= 0.6 is 22.6 Å². The highest BCUT2D eigenvalue weighted by atomic mass is 127. The van der Waals surface area contributed by atoms with Gasteiger partial charge in [-0.3, -0.25) is 4.79 Å². The third-order valence-corrected chi connectivity index (χ3v) is 3.56. The number of hydrogen-bond acceptors (Lipinski definition) is 4. The lowest BCUT2D eigenvalue weighted by molar-refractivity contribution is 0.104. The van der Waals surface area contributed by atoms with Gasteiger partial charge in [0, 0.05) is 3.57 Å². The van der Waals surface area contributed by atoms with Gasteiger partial charge in [-0.25, -0.2) is 0 Å². The number of aliphatic hydroxyl groups excluding tert-OH is 1. The minimum absolute atomic E-state index is 0.0942. The Labute approximate surface area is 130 Å². The van der Waals surface area contributed by atoms with Crippen molar-refractivity contribution in [3.63, 3.8) is 0 Å². The number of benzene rings is 1. The molecule has 4 nitrogen and oxygen atoms in total. The Morgan fingerprint density at radius 1 is 1.50 bits per heavy atom. The maximum atomic E-state index is 12.3. The molecule has 0 saturated carbocycles. The molecule has 0 aliphatic carbocycles. The smallest absolute Gasteiger partial charge is 0.190 e. The summed E-state index contributed by atoms with van der Waals surface area (Å²) in [5.74, 6) is 0.890. The first kappa shape index (κ1) is 14.8. The molecule has 0 spiro atoms. The number of halogens is 1. The number of rotatable bonds is 5. The summed E-state index contributed by atoms with van der Waals surface area (Å²) >= 11 is 2.06. The van der Waals surface area contributed by atoms with Crippen LogP contribution in [0.2, 0.25) is 0 Å². The molecule has 0 fully saturated rings. The zero-order chi connectivity index (χ0) is 14.5. The van der Waals surface area contributed by atoms with Gasteiger partial charge in [0.25, 0.3) is 0 Å². The number of allylic oxidation sites excluding steroid dienone is 1. The fourth-order valence-corrected chi connectivity index (χ4v) is 2.69.